The Morgan fingerprint density at radius 2 is 1.94 bits per heavy atom. The molecule has 0 aromatic rings. The summed E-state index contributed by atoms with van der Waals surface area (Å²) in [5.74, 6) is 0.962. The van der Waals surface area contributed by atoms with Crippen LogP contribution in [0.1, 0.15) is 59.8 Å². The van der Waals surface area contributed by atoms with Crippen molar-refractivity contribution in [3.63, 3.8) is 0 Å². The Bertz CT molecular complexity index is 238. The molecular weight excluding hydrogens is 212 g/mol. The number of hydrogen-bond acceptors (Lipinski definition) is 2. The molecule has 3 nitrogen and oxygen atoms in total. The quantitative estimate of drug-likeness (QED) is 0.684. The van der Waals surface area contributed by atoms with Crippen molar-refractivity contribution in [2.75, 3.05) is 0 Å². The fourth-order valence-corrected chi connectivity index (χ4v) is 2.36. The summed E-state index contributed by atoms with van der Waals surface area (Å²) in [5.41, 5.74) is 0. The zero-order chi connectivity index (χ0) is 12.8. The van der Waals surface area contributed by atoms with Gasteiger partial charge in [-0.05, 0) is 38.5 Å². The Morgan fingerprint density at radius 3 is 2.47 bits per heavy atom. The molecule has 1 aliphatic carbocycles. The minimum Gasteiger partial charge on any atom is -0.352 e. The van der Waals surface area contributed by atoms with E-state index in [9.17, 15) is 4.79 Å². The van der Waals surface area contributed by atoms with Gasteiger partial charge in [0, 0.05) is 12.1 Å². The molecule has 100 valence electrons. The van der Waals surface area contributed by atoms with Crippen molar-refractivity contribution in [3.8, 4) is 0 Å². The average molecular weight is 240 g/mol. The summed E-state index contributed by atoms with van der Waals surface area (Å²) in [7, 11) is 0. The fourth-order valence-electron chi connectivity index (χ4n) is 2.36. The molecule has 1 saturated carbocycles. The van der Waals surface area contributed by atoms with E-state index in [-0.39, 0.29) is 11.9 Å². The molecule has 17 heavy (non-hydrogen) atoms. The second kappa shape index (κ2) is 7.00. The van der Waals surface area contributed by atoms with Gasteiger partial charge in [-0.15, -0.1) is 0 Å². The third-order valence-electron chi connectivity index (χ3n) is 3.77. The summed E-state index contributed by atoms with van der Waals surface area (Å²) < 4.78 is 0. The Kier molecular flexibility index (Phi) is 5.96. The Morgan fingerprint density at radius 1 is 1.29 bits per heavy atom. The average Bonchev–Trinajstić information content (AvgIpc) is 3.04. The van der Waals surface area contributed by atoms with Gasteiger partial charge in [-0.25, -0.2) is 0 Å². The number of hydrogen-bond donors (Lipinski definition) is 2. The van der Waals surface area contributed by atoms with Crippen LogP contribution in [0.4, 0.5) is 0 Å². The third-order valence-corrected chi connectivity index (χ3v) is 3.77. The van der Waals surface area contributed by atoms with Crippen LogP contribution in [-0.4, -0.2) is 24.0 Å². The summed E-state index contributed by atoms with van der Waals surface area (Å²) in [6, 6.07) is 0.859. The summed E-state index contributed by atoms with van der Waals surface area (Å²) in [4.78, 5) is 11.9. The minimum atomic E-state index is -0.0533. The number of carbonyl (C=O) groups is 1. The van der Waals surface area contributed by atoms with Gasteiger partial charge in [0.2, 0.25) is 5.91 Å². The van der Waals surface area contributed by atoms with Crippen LogP contribution < -0.4 is 10.6 Å². The highest BCUT2D eigenvalue weighted by Crippen LogP contribution is 2.34. The first-order chi connectivity index (χ1) is 8.12. The topological polar surface area (TPSA) is 41.1 Å². The molecule has 0 aromatic carbocycles. The molecule has 3 atom stereocenters. The first-order valence-electron chi connectivity index (χ1n) is 7.18. The van der Waals surface area contributed by atoms with Crippen molar-refractivity contribution in [3.05, 3.63) is 0 Å². The molecule has 0 saturated heterocycles. The van der Waals surface area contributed by atoms with Crippen LogP contribution in [0.5, 0.6) is 0 Å². The molecule has 0 radical (unpaired) electrons. The lowest BCUT2D eigenvalue weighted by Crippen LogP contribution is -2.46. The van der Waals surface area contributed by atoms with Gasteiger partial charge in [0.15, 0.2) is 0 Å². The van der Waals surface area contributed by atoms with Gasteiger partial charge in [0.05, 0.1) is 6.04 Å². The largest absolute Gasteiger partial charge is 0.352 e. The predicted molar refractivity (Wildman–Crippen MR) is 71.9 cm³/mol. The lowest BCUT2D eigenvalue weighted by molar-refractivity contribution is -0.123. The zero-order valence-electron chi connectivity index (χ0n) is 11.8. The van der Waals surface area contributed by atoms with E-state index in [1.165, 1.54) is 19.3 Å². The zero-order valence-corrected chi connectivity index (χ0v) is 11.8. The summed E-state index contributed by atoms with van der Waals surface area (Å²) in [6.07, 6.45) is 5.81. The molecule has 1 fully saturated rings. The molecule has 0 heterocycles. The maximum Gasteiger partial charge on any atom is 0.237 e. The highest BCUT2D eigenvalue weighted by Gasteiger charge is 2.37. The Labute approximate surface area is 106 Å². The van der Waals surface area contributed by atoms with E-state index in [2.05, 4.69) is 31.4 Å². The lowest BCUT2D eigenvalue weighted by Gasteiger charge is -2.19. The van der Waals surface area contributed by atoms with Crippen molar-refractivity contribution >= 4 is 5.91 Å². The van der Waals surface area contributed by atoms with Crippen LogP contribution in [0.3, 0.4) is 0 Å². The van der Waals surface area contributed by atoms with Gasteiger partial charge in [-0.3, -0.25) is 4.79 Å². The lowest BCUT2D eigenvalue weighted by atomic mass is 10.1. The van der Waals surface area contributed by atoms with Gasteiger partial charge in [-0.1, -0.05) is 27.2 Å². The molecule has 0 spiro atoms. The smallest absolute Gasteiger partial charge is 0.237 e. The first-order valence-corrected chi connectivity index (χ1v) is 7.18. The molecule has 1 aliphatic rings. The van der Waals surface area contributed by atoms with Gasteiger partial charge in [-0.2, -0.15) is 0 Å². The monoisotopic (exact) mass is 240 g/mol. The summed E-state index contributed by atoms with van der Waals surface area (Å²) in [5, 5.41) is 6.52. The SMILES string of the molecule is CCCC1CC1NC(C)C(=O)NC(CC)CC. The van der Waals surface area contributed by atoms with E-state index in [0.29, 0.717) is 12.1 Å². The van der Waals surface area contributed by atoms with E-state index in [4.69, 9.17) is 0 Å². The van der Waals surface area contributed by atoms with Gasteiger partial charge < -0.3 is 10.6 Å². The van der Waals surface area contributed by atoms with Crippen molar-refractivity contribution in [2.24, 2.45) is 5.92 Å². The van der Waals surface area contributed by atoms with Crippen LogP contribution >= 0.6 is 0 Å². The fraction of sp³-hybridized carbons (Fsp3) is 0.929. The van der Waals surface area contributed by atoms with Crippen LogP contribution in [0.2, 0.25) is 0 Å². The van der Waals surface area contributed by atoms with Crippen LogP contribution in [-0.2, 0) is 4.79 Å². The molecule has 1 rings (SSSR count). The highest BCUT2D eigenvalue weighted by atomic mass is 16.2. The van der Waals surface area contributed by atoms with E-state index < -0.39 is 0 Å². The van der Waals surface area contributed by atoms with Gasteiger partial charge >= 0.3 is 0 Å². The standard InChI is InChI=1S/C14H28N2O/c1-5-8-11-9-13(11)15-10(4)14(17)16-12(6-2)7-3/h10-13,15H,5-9H2,1-4H3,(H,16,17). The third kappa shape index (κ3) is 4.66. The number of nitrogens with one attached hydrogen (secondary N) is 2. The normalized spacial score (nSPS) is 24.8. The molecular formula is C14H28N2O. The Hall–Kier alpha value is -0.570. The van der Waals surface area contributed by atoms with Crippen LogP contribution in [0.15, 0.2) is 0 Å². The molecule has 0 aliphatic heterocycles. The van der Waals surface area contributed by atoms with Crippen LogP contribution in [0.25, 0.3) is 0 Å². The molecule has 0 aromatic heterocycles. The molecule has 3 unspecified atom stereocenters. The van der Waals surface area contributed by atoms with Gasteiger partial charge in [0.1, 0.15) is 0 Å². The van der Waals surface area contributed by atoms with Crippen molar-refractivity contribution in [1.29, 1.82) is 0 Å². The molecule has 2 N–H and O–H groups in total. The maximum atomic E-state index is 11.9. The summed E-state index contributed by atoms with van der Waals surface area (Å²) >= 11 is 0. The van der Waals surface area contributed by atoms with Crippen molar-refractivity contribution < 1.29 is 4.79 Å². The van der Waals surface area contributed by atoms with E-state index in [0.717, 1.165) is 18.8 Å². The molecule has 1 amide bonds. The summed E-state index contributed by atoms with van der Waals surface area (Å²) in [6.45, 7) is 8.42. The predicted octanol–water partition coefficient (Wildman–Crippen LogP) is 2.46. The van der Waals surface area contributed by atoms with E-state index in [1.54, 1.807) is 0 Å². The first kappa shape index (κ1) is 14.5. The van der Waals surface area contributed by atoms with E-state index >= 15 is 0 Å². The van der Waals surface area contributed by atoms with Crippen LogP contribution in [0, 0.1) is 5.92 Å². The highest BCUT2D eigenvalue weighted by molar-refractivity contribution is 5.81. The maximum absolute atomic E-state index is 11.9. The van der Waals surface area contributed by atoms with Gasteiger partial charge in [0.25, 0.3) is 0 Å². The minimum absolute atomic E-state index is 0.0533. The van der Waals surface area contributed by atoms with E-state index in [1.807, 2.05) is 6.92 Å². The number of carbonyl (C=O) groups excluding carboxylic acids is 1. The van der Waals surface area contributed by atoms with Crippen molar-refractivity contribution in [1.82, 2.24) is 10.6 Å². The number of amides is 1. The van der Waals surface area contributed by atoms with Crippen molar-refractivity contribution in [2.45, 2.75) is 77.9 Å². The second-order valence-corrected chi connectivity index (χ2v) is 5.30. The second-order valence-electron chi connectivity index (χ2n) is 5.30. The molecule has 3 heteroatoms. The number of rotatable bonds is 8. The Balaban J connectivity index is 2.23. The molecule has 0 bridgehead atoms.